The molecule has 0 aliphatic heterocycles. The highest BCUT2D eigenvalue weighted by molar-refractivity contribution is 6.30. The number of aryl methyl sites for hydroxylation is 1. The molecule has 0 atom stereocenters. The summed E-state index contributed by atoms with van der Waals surface area (Å²) in [6.45, 7) is -1.41. The van der Waals surface area contributed by atoms with E-state index in [2.05, 4.69) is 5.32 Å². The zero-order chi connectivity index (χ0) is 17.6. The maximum atomic E-state index is 12.3. The maximum absolute atomic E-state index is 12.3. The molecule has 2 aromatic rings. The Labute approximate surface area is 142 Å². The van der Waals surface area contributed by atoms with Crippen LogP contribution in [0.5, 0.6) is 5.75 Å². The Bertz CT molecular complexity index is 704. The van der Waals surface area contributed by atoms with Gasteiger partial charge in [0.1, 0.15) is 5.75 Å². The van der Waals surface area contributed by atoms with Gasteiger partial charge in [-0.3, -0.25) is 4.79 Å². The summed E-state index contributed by atoms with van der Waals surface area (Å²) in [5.74, 6) is -0.344. The first-order valence-electron chi connectivity index (χ1n) is 7.16. The zero-order valence-corrected chi connectivity index (χ0v) is 13.3. The van der Waals surface area contributed by atoms with Gasteiger partial charge in [0.05, 0.1) is 5.69 Å². The van der Waals surface area contributed by atoms with Crippen LogP contribution in [0.4, 0.5) is 18.9 Å². The smallest absolute Gasteiger partial charge is 0.422 e. The Balaban J connectivity index is 1.94. The number of ether oxygens (including phenoxy) is 1. The molecular formula is C17H15ClF3NO2. The first-order chi connectivity index (χ1) is 11.3. The number of carbonyl (C=O) groups excluding carboxylic acids is 1. The van der Waals surface area contributed by atoms with Crippen molar-refractivity contribution in [2.75, 3.05) is 11.9 Å². The summed E-state index contributed by atoms with van der Waals surface area (Å²) in [6, 6.07) is 13.1. The lowest BCUT2D eigenvalue weighted by atomic mass is 10.1. The van der Waals surface area contributed by atoms with E-state index in [4.69, 9.17) is 16.3 Å². The number of halogens is 4. The van der Waals surface area contributed by atoms with Gasteiger partial charge in [-0.1, -0.05) is 35.9 Å². The van der Waals surface area contributed by atoms with E-state index >= 15 is 0 Å². The molecule has 128 valence electrons. The maximum Gasteiger partial charge on any atom is 0.422 e. The molecule has 7 heteroatoms. The summed E-state index contributed by atoms with van der Waals surface area (Å²) in [7, 11) is 0. The zero-order valence-electron chi connectivity index (χ0n) is 12.6. The van der Waals surface area contributed by atoms with Crippen LogP contribution in [0, 0.1) is 0 Å². The summed E-state index contributed by atoms with van der Waals surface area (Å²) < 4.78 is 41.5. The van der Waals surface area contributed by atoms with E-state index in [9.17, 15) is 18.0 Å². The van der Waals surface area contributed by atoms with Crippen LogP contribution < -0.4 is 10.1 Å². The predicted molar refractivity (Wildman–Crippen MR) is 86.4 cm³/mol. The number of anilines is 1. The molecule has 0 bridgehead atoms. The molecule has 1 N–H and O–H groups in total. The van der Waals surface area contributed by atoms with Crippen molar-refractivity contribution in [2.45, 2.75) is 19.0 Å². The van der Waals surface area contributed by atoms with Crippen LogP contribution in [0.3, 0.4) is 0 Å². The number of para-hydroxylation sites is 2. The average molecular weight is 358 g/mol. The molecule has 0 radical (unpaired) electrons. The third-order valence-corrected chi connectivity index (χ3v) is 3.32. The van der Waals surface area contributed by atoms with Gasteiger partial charge in [-0.2, -0.15) is 13.2 Å². The van der Waals surface area contributed by atoms with Crippen molar-refractivity contribution >= 4 is 23.2 Å². The van der Waals surface area contributed by atoms with Crippen LogP contribution in [-0.4, -0.2) is 18.7 Å². The predicted octanol–water partition coefficient (Wildman–Crippen LogP) is 4.85. The van der Waals surface area contributed by atoms with E-state index in [1.807, 2.05) is 6.07 Å². The van der Waals surface area contributed by atoms with Gasteiger partial charge in [-0.15, -0.1) is 0 Å². The van der Waals surface area contributed by atoms with E-state index in [0.717, 1.165) is 5.56 Å². The fourth-order valence-corrected chi connectivity index (χ4v) is 2.23. The summed E-state index contributed by atoms with van der Waals surface area (Å²) in [4.78, 5) is 12.0. The first-order valence-corrected chi connectivity index (χ1v) is 7.54. The molecule has 0 spiro atoms. The molecule has 0 fully saturated rings. The minimum atomic E-state index is -4.44. The van der Waals surface area contributed by atoms with E-state index < -0.39 is 12.8 Å². The third-order valence-electron chi connectivity index (χ3n) is 3.08. The Hall–Kier alpha value is -2.21. The van der Waals surface area contributed by atoms with Crippen LogP contribution in [0.1, 0.15) is 12.0 Å². The number of amides is 1. The number of alkyl halides is 3. The van der Waals surface area contributed by atoms with Crippen LogP contribution in [0.2, 0.25) is 5.02 Å². The van der Waals surface area contributed by atoms with Crippen molar-refractivity contribution in [1.29, 1.82) is 0 Å². The third kappa shape index (κ3) is 6.12. The second-order valence-corrected chi connectivity index (χ2v) is 5.51. The summed E-state index contributed by atoms with van der Waals surface area (Å²) in [5.41, 5.74) is 1.11. The van der Waals surface area contributed by atoms with Gasteiger partial charge in [0.2, 0.25) is 5.91 Å². The molecule has 3 nitrogen and oxygen atoms in total. The highest BCUT2D eigenvalue weighted by atomic mass is 35.5. The van der Waals surface area contributed by atoms with Crippen molar-refractivity contribution in [3.8, 4) is 5.75 Å². The first kappa shape index (κ1) is 18.1. The summed E-state index contributed by atoms with van der Waals surface area (Å²) >= 11 is 5.87. The quantitative estimate of drug-likeness (QED) is 0.802. The molecular weight excluding hydrogens is 343 g/mol. The fourth-order valence-electron chi connectivity index (χ4n) is 2.02. The molecule has 0 aromatic heterocycles. The van der Waals surface area contributed by atoms with Gasteiger partial charge in [0.25, 0.3) is 0 Å². The van der Waals surface area contributed by atoms with E-state index in [1.165, 1.54) is 18.2 Å². The number of rotatable bonds is 6. The Morgan fingerprint density at radius 2 is 1.88 bits per heavy atom. The molecule has 2 aromatic carbocycles. The van der Waals surface area contributed by atoms with Crippen molar-refractivity contribution in [3.63, 3.8) is 0 Å². The minimum Gasteiger partial charge on any atom is -0.482 e. The second kappa shape index (κ2) is 8.06. The lowest BCUT2D eigenvalue weighted by molar-refractivity contribution is -0.153. The van der Waals surface area contributed by atoms with Crippen LogP contribution in [0.25, 0.3) is 0 Å². The molecule has 24 heavy (non-hydrogen) atoms. The van der Waals surface area contributed by atoms with Gasteiger partial charge in [0.15, 0.2) is 6.61 Å². The van der Waals surface area contributed by atoms with Gasteiger partial charge in [0, 0.05) is 11.4 Å². The molecule has 0 unspecified atom stereocenters. The van der Waals surface area contributed by atoms with E-state index in [0.29, 0.717) is 11.4 Å². The summed E-state index contributed by atoms with van der Waals surface area (Å²) in [5, 5.41) is 3.15. The topological polar surface area (TPSA) is 38.3 Å². The second-order valence-electron chi connectivity index (χ2n) is 5.08. The number of carbonyl (C=O) groups is 1. The SMILES string of the molecule is O=C(CCc1cccc(Cl)c1)Nc1ccccc1OCC(F)(F)F. The van der Waals surface area contributed by atoms with Crippen molar-refractivity contribution < 1.29 is 22.7 Å². The normalized spacial score (nSPS) is 11.2. The van der Waals surface area contributed by atoms with Crippen LogP contribution in [0.15, 0.2) is 48.5 Å². The monoisotopic (exact) mass is 357 g/mol. The lowest BCUT2D eigenvalue weighted by Gasteiger charge is -2.13. The number of benzene rings is 2. The number of hydrogen-bond donors (Lipinski definition) is 1. The van der Waals surface area contributed by atoms with Crippen molar-refractivity contribution in [1.82, 2.24) is 0 Å². The van der Waals surface area contributed by atoms with Crippen molar-refractivity contribution in [2.24, 2.45) is 0 Å². The Morgan fingerprint density at radius 1 is 1.12 bits per heavy atom. The Morgan fingerprint density at radius 3 is 2.58 bits per heavy atom. The average Bonchev–Trinajstić information content (AvgIpc) is 2.51. The highest BCUT2D eigenvalue weighted by Crippen LogP contribution is 2.26. The Kier molecular flexibility index (Phi) is 6.09. The molecule has 0 heterocycles. The molecule has 0 aliphatic carbocycles. The molecule has 2 rings (SSSR count). The van der Waals surface area contributed by atoms with E-state index in [-0.39, 0.29) is 23.8 Å². The highest BCUT2D eigenvalue weighted by Gasteiger charge is 2.28. The molecule has 0 saturated carbocycles. The minimum absolute atomic E-state index is 0.0223. The van der Waals surface area contributed by atoms with Crippen LogP contribution in [-0.2, 0) is 11.2 Å². The van der Waals surface area contributed by atoms with Crippen molar-refractivity contribution in [3.05, 3.63) is 59.1 Å². The van der Waals surface area contributed by atoms with Gasteiger partial charge in [-0.25, -0.2) is 0 Å². The lowest BCUT2D eigenvalue weighted by Crippen LogP contribution is -2.20. The largest absolute Gasteiger partial charge is 0.482 e. The molecule has 1 amide bonds. The summed E-state index contributed by atoms with van der Waals surface area (Å²) in [6.07, 6.45) is -3.80. The standard InChI is InChI=1S/C17H15ClF3NO2/c18-13-5-3-4-12(10-13)8-9-16(23)22-14-6-1-2-7-15(14)24-11-17(19,20)21/h1-7,10H,8-9,11H2,(H,22,23). The van der Waals surface area contributed by atoms with Gasteiger partial charge < -0.3 is 10.1 Å². The number of hydrogen-bond acceptors (Lipinski definition) is 2. The van der Waals surface area contributed by atoms with E-state index in [1.54, 1.807) is 24.3 Å². The molecule has 0 saturated heterocycles. The fraction of sp³-hybridized carbons (Fsp3) is 0.235. The van der Waals surface area contributed by atoms with Crippen LogP contribution >= 0.6 is 11.6 Å². The molecule has 0 aliphatic rings. The van der Waals surface area contributed by atoms with Gasteiger partial charge >= 0.3 is 6.18 Å². The van der Waals surface area contributed by atoms with Gasteiger partial charge in [-0.05, 0) is 36.2 Å². The number of nitrogens with one attached hydrogen (secondary N) is 1.